The molecule has 0 aromatic heterocycles. The summed E-state index contributed by atoms with van der Waals surface area (Å²) in [6.45, 7) is 3.58. The second kappa shape index (κ2) is 2.76. The zero-order valence-electron chi connectivity index (χ0n) is 7.14. The molecule has 0 heterocycles. The Morgan fingerprint density at radius 3 is 2.18 bits per heavy atom. The zero-order chi connectivity index (χ0) is 8.48. The van der Waals surface area contributed by atoms with E-state index in [0.717, 1.165) is 12.8 Å². The van der Waals surface area contributed by atoms with Crippen LogP contribution < -0.4 is 0 Å². The van der Waals surface area contributed by atoms with E-state index in [2.05, 4.69) is 0 Å². The van der Waals surface area contributed by atoms with Crippen molar-refractivity contribution < 1.29 is 9.59 Å². The van der Waals surface area contributed by atoms with E-state index in [1.165, 1.54) is 0 Å². The van der Waals surface area contributed by atoms with Gasteiger partial charge in [-0.3, -0.25) is 9.59 Å². The standard InChI is InChI=1S/C9H14O2/c1-7(10)9(2)5-3-8(11)4-6-9/h3-6H2,1-2H3. The first-order valence-electron chi connectivity index (χ1n) is 4.07. The highest BCUT2D eigenvalue weighted by atomic mass is 16.1. The van der Waals surface area contributed by atoms with Gasteiger partial charge in [-0.05, 0) is 19.8 Å². The molecule has 0 aromatic rings. The minimum atomic E-state index is -0.200. The third-order valence-corrected chi connectivity index (χ3v) is 2.76. The number of rotatable bonds is 1. The van der Waals surface area contributed by atoms with E-state index in [0.29, 0.717) is 18.6 Å². The fourth-order valence-electron chi connectivity index (χ4n) is 1.43. The van der Waals surface area contributed by atoms with Crippen LogP contribution in [-0.2, 0) is 9.59 Å². The van der Waals surface area contributed by atoms with Crippen molar-refractivity contribution in [1.82, 2.24) is 0 Å². The molecule has 0 atom stereocenters. The van der Waals surface area contributed by atoms with Crippen molar-refractivity contribution in [3.05, 3.63) is 0 Å². The van der Waals surface area contributed by atoms with E-state index in [9.17, 15) is 9.59 Å². The number of ketones is 2. The molecule has 1 fully saturated rings. The molecule has 0 aliphatic heterocycles. The van der Waals surface area contributed by atoms with Crippen molar-refractivity contribution in [3.8, 4) is 0 Å². The van der Waals surface area contributed by atoms with E-state index in [4.69, 9.17) is 0 Å². The largest absolute Gasteiger partial charge is 0.300 e. The lowest BCUT2D eigenvalue weighted by Gasteiger charge is -2.29. The minimum Gasteiger partial charge on any atom is -0.300 e. The first-order chi connectivity index (χ1) is 5.04. The van der Waals surface area contributed by atoms with Crippen LogP contribution >= 0.6 is 0 Å². The molecule has 0 bridgehead atoms. The number of hydrogen-bond acceptors (Lipinski definition) is 2. The summed E-state index contributed by atoms with van der Waals surface area (Å²) in [5.41, 5.74) is -0.200. The first-order valence-corrected chi connectivity index (χ1v) is 4.07. The zero-order valence-corrected chi connectivity index (χ0v) is 7.14. The fourth-order valence-corrected chi connectivity index (χ4v) is 1.43. The van der Waals surface area contributed by atoms with Gasteiger partial charge in [-0.1, -0.05) is 6.92 Å². The molecule has 1 saturated carbocycles. The molecule has 1 aliphatic rings. The molecule has 0 aromatic carbocycles. The van der Waals surface area contributed by atoms with Crippen molar-refractivity contribution in [2.75, 3.05) is 0 Å². The molecule has 0 amide bonds. The Morgan fingerprint density at radius 1 is 1.36 bits per heavy atom. The fraction of sp³-hybridized carbons (Fsp3) is 0.778. The Balaban J connectivity index is 2.62. The molecule has 1 aliphatic carbocycles. The Hall–Kier alpha value is -0.660. The first kappa shape index (κ1) is 8.44. The Kier molecular flexibility index (Phi) is 2.12. The Morgan fingerprint density at radius 2 is 1.82 bits per heavy atom. The summed E-state index contributed by atoms with van der Waals surface area (Å²) >= 11 is 0. The van der Waals surface area contributed by atoms with Gasteiger partial charge in [0.1, 0.15) is 11.6 Å². The third-order valence-electron chi connectivity index (χ3n) is 2.76. The Labute approximate surface area is 67.0 Å². The predicted octanol–water partition coefficient (Wildman–Crippen LogP) is 1.72. The summed E-state index contributed by atoms with van der Waals surface area (Å²) in [6, 6.07) is 0. The lowest BCUT2D eigenvalue weighted by molar-refractivity contribution is -0.131. The van der Waals surface area contributed by atoms with E-state index in [1.807, 2.05) is 6.92 Å². The molecule has 0 saturated heterocycles. The van der Waals surface area contributed by atoms with Crippen LogP contribution in [0.3, 0.4) is 0 Å². The summed E-state index contributed by atoms with van der Waals surface area (Å²) in [5.74, 6) is 0.536. The lowest BCUT2D eigenvalue weighted by Crippen LogP contribution is -2.30. The highest BCUT2D eigenvalue weighted by molar-refractivity contribution is 5.86. The molecular formula is C9H14O2. The maximum absolute atomic E-state index is 11.1. The molecule has 0 radical (unpaired) electrons. The highest BCUT2D eigenvalue weighted by Gasteiger charge is 2.33. The SMILES string of the molecule is CC(=O)C1(C)CCC(=O)CC1. The van der Waals surface area contributed by atoms with Gasteiger partial charge in [0.25, 0.3) is 0 Å². The number of carbonyl (C=O) groups is 2. The second-order valence-corrected chi connectivity index (χ2v) is 3.66. The predicted molar refractivity (Wildman–Crippen MR) is 42.3 cm³/mol. The second-order valence-electron chi connectivity index (χ2n) is 3.66. The van der Waals surface area contributed by atoms with Crippen molar-refractivity contribution in [1.29, 1.82) is 0 Å². The Bertz CT molecular complexity index is 184. The smallest absolute Gasteiger partial charge is 0.135 e. The van der Waals surface area contributed by atoms with Crippen molar-refractivity contribution >= 4 is 11.6 Å². The third kappa shape index (κ3) is 1.67. The van der Waals surface area contributed by atoms with Crippen molar-refractivity contribution in [2.45, 2.75) is 39.5 Å². The molecule has 2 nitrogen and oxygen atoms in total. The quantitative estimate of drug-likeness (QED) is 0.576. The number of carbonyl (C=O) groups excluding carboxylic acids is 2. The summed E-state index contributed by atoms with van der Waals surface area (Å²) in [6.07, 6.45) is 2.69. The molecular weight excluding hydrogens is 140 g/mol. The highest BCUT2D eigenvalue weighted by Crippen LogP contribution is 2.34. The van der Waals surface area contributed by atoms with Gasteiger partial charge in [0.05, 0.1) is 0 Å². The lowest BCUT2D eigenvalue weighted by atomic mass is 9.73. The monoisotopic (exact) mass is 154 g/mol. The summed E-state index contributed by atoms with van der Waals surface area (Å²) < 4.78 is 0. The van der Waals surface area contributed by atoms with Crippen LogP contribution in [0.4, 0.5) is 0 Å². The minimum absolute atomic E-state index is 0.200. The molecule has 2 heteroatoms. The average Bonchev–Trinajstić information content (AvgIpc) is 1.95. The van der Waals surface area contributed by atoms with Crippen LogP contribution in [0.5, 0.6) is 0 Å². The number of Topliss-reactive ketones (excluding diaryl/α,β-unsaturated/α-hetero) is 2. The van der Waals surface area contributed by atoms with Gasteiger partial charge in [0.2, 0.25) is 0 Å². The van der Waals surface area contributed by atoms with E-state index in [1.54, 1.807) is 6.92 Å². The summed E-state index contributed by atoms with van der Waals surface area (Å²) in [5, 5.41) is 0. The van der Waals surface area contributed by atoms with Crippen LogP contribution in [0.2, 0.25) is 0 Å². The van der Waals surface area contributed by atoms with Gasteiger partial charge in [0.15, 0.2) is 0 Å². The van der Waals surface area contributed by atoms with Crippen molar-refractivity contribution in [3.63, 3.8) is 0 Å². The van der Waals surface area contributed by atoms with Gasteiger partial charge >= 0.3 is 0 Å². The van der Waals surface area contributed by atoms with Crippen LogP contribution in [0.1, 0.15) is 39.5 Å². The van der Waals surface area contributed by atoms with Gasteiger partial charge in [-0.15, -0.1) is 0 Å². The average molecular weight is 154 g/mol. The maximum atomic E-state index is 11.1. The van der Waals surface area contributed by atoms with Gasteiger partial charge < -0.3 is 0 Å². The number of hydrogen-bond donors (Lipinski definition) is 0. The molecule has 0 spiro atoms. The van der Waals surface area contributed by atoms with Crippen LogP contribution in [-0.4, -0.2) is 11.6 Å². The topological polar surface area (TPSA) is 34.1 Å². The molecule has 1 rings (SSSR count). The van der Waals surface area contributed by atoms with Gasteiger partial charge in [0, 0.05) is 18.3 Å². The normalized spacial score (nSPS) is 23.3. The maximum Gasteiger partial charge on any atom is 0.135 e. The summed E-state index contributed by atoms with van der Waals surface area (Å²) in [4.78, 5) is 22.0. The molecule has 0 N–H and O–H groups in total. The molecule has 0 unspecified atom stereocenters. The van der Waals surface area contributed by atoms with Crippen LogP contribution in [0.15, 0.2) is 0 Å². The summed E-state index contributed by atoms with van der Waals surface area (Å²) in [7, 11) is 0. The van der Waals surface area contributed by atoms with E-state index < -0.39 is 0 Å². The van der Waals surface area contributed by atoms with E-state index in [-0.39, 0.29) is 11.2 Å². The molecule has 62 valence electrons. The van der Waals surface area contributed by atoms with Gasteiger partial charge in [-0.25, -0.2) is 0 Å². The van der Waals surface area contributed by atoms with Crippen LogP contribution in [0, 0.1) is 5.41 Å². The van der Waals surface area contributed by atoms with Gasteiger partial charge in [-0.2, -0.15) is 0 Å². The van der Waals surface area contributed by atoms with E-state index >= 15 is 0 Å². The van der Waals surface area contributed by atoms with Crippen molar-refractivity contribution in [2.24, 2.45) is 5.41 Å². The molecule has 11 heavy (non-hydrogen) atoms. The van der Waals surface area contributed by atoms with Crippen LogP contribution in [0.25, 0.3) is 0 Å².